The molecular formula is C18H19NO5. The Kier molecular flexibility index (Phi) is 5.52. The minimum atomic E-state index is -0.691. The van der Waals surface area contributed by atoms with Gasteiger partial charge in [0.25, 0.3) is 5.69 Å². The molecule has 0 fully saturated rings. The lowest BCUT2D eigenvalue weighted by Gasteiger charge is -2.23. The molecule has 126 valence electrons. The van der Waals surface area contributed by atoms with Crippen LogP contribution in [0.1, 0.15) is 42.1 Å². The highest BCUT2D eigenvalue weighted by Crippen LogP contribution is 2.26. The van der Waals surface area contributed by atoms with Gasteiger partial charge in [0, 0.05) is 12.0 Å². The van der Waals surface area contributed by atoms with Crippen LogP contribution in [0.15, 0.2) is 48.5 Å². The predicted molar refractivity (Wildman–Crippen MR) is 89.1 cm³/mol. The summed E-state index contributed by atoms with van der Waals surface area (Å²) in [7, 11) is 0. The van der Waals surface area contributed by atoms with Gasteiger partial charge in [-0.3, -0.25) is 10.1 Å². The fourth-order valence-corrected chi connectivity index (χ4v) is 2.53. The summed E-state index contributed by atoms with van der Waals surface area (Å²) in [5, 5.41) is 20.4. The molecule has 0 bridgehead atoms. The lowest BCUT2D eigenvalue weighted by Crippen LogP contribution is -2.23. The first-order valence-electron chi connectivity index (χ1n) is 7.66. The van der Waals surface area contributed by atoms with Gasteiger partial charge in [0.1, 0.15) is 11.9 Å². The number of aromatic hydroxyl groups is 1. The van der Waals surface area contributed by atoms with E-state index in [0.717, 1.165) is 23.8 Å². The monoisotopic (exact) mass is 329 g/mol. The van der Waals surface area contributed by atoms with Gasteiger partial charge in [-0.25, -0.2) is 4.79 Å². The number of phenols is 1. The van der Waals surface area contributed by atoms with Crippen LogP contribution in [0.2, 0.25) is 0 Å². The number of hydrogen-bond acceptors (Lipinski definition) is 5. The second-order valence-corrected chi connectivity index (χ2v) is 5.55. The van der Waals surface area contributed by atoms with E-state index in [2.05, 4.69) is 0 Å². The van der Waals surface area contributed by atoms with E-state index in [9.17, 15) is 20.0 Å². The molecule has 0 amide bonds. The van der Waals surface area contributed by atoms with Gasteiger partial charge in [-0.15, -0.1) is 0 Å². The number of rotatable bonds is 6. The molecule has 0 aliphatic carbocycles. The number of esters is 1. The first kappa shape index (κ1) is 17.5. The number of benzene rings is 2. The molecule has 0 heterocycles. The van der Waals surface area contributed by atoms with E-state index in [-0.39, 0.29) is 29.0 Å². The quantitative estimate of drug-likeness (QED) is 0.491. The molecule has 2 rings (SSSR count). The Morgan fingerprint density at radius 2 is 1.92 bits per heavy atom. The molecule has 0 aliphatic rings. The van der Waals surface area contributed by atoms with E-state index in [0.29, 0.717) is 6.42 Å². The molecule has 1 N–H and O–H groups in total. The van der Waals surface area contributed by atoms with E-state index in [1.54, 1.807) is 0 Å². The summed E-state index contributed by atoms with van der Waals surface area (Å²) >= 11 is 0. The Morgan fingerprint density at radius 1 is 1.25 bits per heavy atom. The fourth-order valence-electron chi connectivity index (χ4n) is 2.53. The van der Waals surface area contributed by atoms with Crippen LogP contribution in [0.3, 0.4) is 0 Å². The van der Waals surface area contributed by atoms with E-state index < -0.39 is 10.9 Å². The maximum atomic E-state index is 12.3. The second-order valence-electron chi connectivity index (χ2n) is 5.55. The summed E-state index contributed by atoms with van der Waals surface area (Å²) in [5.41, 5.74) is 0.644. The van der Waals surface area contributed by atoms with E-state index >= 15 is 0 Å². The molecule has 0 aliphatic heterocycles. The summed E-state index contributed by atoms with van der Waals surface area (Å²) in [6.07, 6.45) is 0.226. The third-order valence-electron chi connectivity index (χ3n) is 3.89. The van der Waals surface area contributed by atoms with Gasteiger partial charge in [0.15, 0.2) is 0 Å². The number of nitro groups is 1. The van der Waals surface area contributed by atoms with Crippen molar-refractivity contribution in [3.8, 4) is 5.75 Å². The zero-order valence-electron chi connectivity index (χ0n) is 13.5. The topological polar surface area (TPSA) is 89.7 Å². The fraction of sp³-hybridized carbons (Fsp3) is 0.278. The van der Waals surface area contributed by atoms with Crippen LogP contribution in [0.25, 0.3) is 0 Å². The Balaban J connectivity index is 2.19. The lowest BCUT2D eigenvalue weighted by molar-refractivity contribution is -0.385. The highest BCUT2D eigenvalue weighted by molar-refractivity contribution is 5.90. The summed E-state index contributed by atoms with van der Waals surface area (Å²) in [5.74, 6) is -1.06. The number of nitrogens with zero attached hydrogens (tertiary/aromatic N) is 1. The van der Waals surface area contributed by atoms with Crippen LogP contribution in [0.5, 0.6) is 5.75 Å². The maximum Gasteiger partial charge on any atom is 0.338 e. The first-order chi connectivity index (χ1) is 11.4. The number of ether oxygens (including phenoxy) is 1. The van der Waals surface area contributed by atoms with Gasteiger partial charge in [-0.2, -0.15) is 0 Å². The average Bonchev–Trinajstić information content (AvgIpc) is 2.59. The van der Waals surface area contributed by atoms with Crippen molar-refractivity contribution < 1.29 is 19.6 Å². The molecule has 2 aromatic rings. The van der Waals surface area contributed by atoms with Crippen LogP contribution in [-0.4, -0.2) is 22.1 Å². The third kappa shape index (κ3) is 4.10. The summed E-state index contributed by atoms with van der Waals surface area (Å²) in [4.78, 5) is 22.5. The van der Waals surface area contributed by atoms with Gasteiger partial charge < -0.3 is 9.84 Å². The highest BCUT2D eigenvalue weighted by Gasteiger charge is 2.23. The number of carbonyl (C=O) groups excluding carboxylic acids is 1. The molecule has 0 aromatic heterocycles. The molecule has 0 spiro atoms. The van der Waals surface area contributed by atoms with Gasteiger partial charge in [0.05, 0.1) is 16.6 Å². The molecule has 2 atom stereocenters. The minimum Gasteiger partial charge on any atom is -0.508 e. The Labute approximate surface area is 139 Å². The predicted octanol–water partition coefficient (Wildman–Crippen LogP) is 4.04. The molecule has 0 saturated heterocycles. The zero-order valence-corrected chi connectivity index (χ0v) is 13.5. The van der Waals surface area contributed by atoms with Gasteiger partial charge in [-0.1, -0.05) is 44.2 Å². The van der Waals surface area contributed by atoms with Gasteiger partial charge in [0.2, 0.25) is 0 Å². The molecule has 6 heteroatoms. The zero-order chi connectivity index (χ0) is 17.7. The van der Waals surface area contributed by atoms with Crippen molar-refractivity contribution in [2.24, 2.45) is 0 Å². The Bertz CT molecular complexity index is 729. The number of phenolic OH excluding ortho intramolecular Hbond substituents is 1. The van der Waals surface area contributed by atoms with Crippen molar-refractivity contribution in [2.75, 3.05) is 0 Å². The lowest BCUT2D eigenvalue weighted by atomic mass is 9.94. The molecule has 2 aromatic carbocycles. The van der Waals surface area contributed by atoms with Crippen LogP contribution in [0.4, 0.5) is 5.69 Å². The molecule has 24 heavy (non-hydrogen) atoms. The SMILES string of the molecule is CC[C@@H](OC(=O)c1cc(O)cc([N+](=O)[O-])c1)[C@H](C)c1ccccc1. The summed E-state index contributed by atoms with van der Waals surface area (Å²) in [6, 6.07) is 12.9. The minimum absolute atomic E-state index is 0.0209. The second kappa shape index (κ2) is 7.59. The summed E-state index contributed by atoms with van der Waals surface area (Å²) < 4.78 is 5.52. The third-order valence-corrected chi connectivity index (χ3v) is 3.89. The largest absolute Gasteiger partial charge is 0.508 e. The molecule has 0 radical (unpaired) electrons. The van der Waals surface area contributed by atoms with Crippen LogP contribution >= 0.6 is 0 Å². The van der Waals surface area contributed by atoms with Crippen molar-refractivity contribution in [1.29, 1.82) is 0 Å². The smallest absolute Gasteiger partial charge is 0.338 e. The highest BCUT2D eigenvalue weighted by atomic mass is 16.6. The van der Waals surface area contributed by atoms with Crippen LogP contribution in [0, 0.1) is 10.1 Å². The van der Waals surface area contributed by atoms with Crippen molar-refractivity contribution in [1.82, 2.24) is 0 Å². The average molecular weight is 329 g/mol. The number of non-ortho nitro benzene ring substituents is 1. The van der Waals surface area contributed by atoms with Crippen molar-refractivity contribution in [3.63, 3.8) is 0 Å². The van der Waals surface area contributed by atoms with Crippen molar-refractivity contribution in [3.05, 3.63) is 69.8 Å². The summed E-state index contributed by atoms with van der Waals surface area (Å²) in [6.45, 7) is 3.87. The molecule has 0 unspecified atom stereocenters. The molecule has 0 saturated carbocycles. The number of carbonyl (C=O) groups is 1. The standard InChI is InChI=1S/C18H19NO5/c1-3-17(12(2)13-7-5-4-6-8-13)24-18(21)14-9-15(19(22)23)11-16(20)10-14/h4-12,17,20H,3H2,1-2H3/t12-,17-/m1/s1. The van der Waals surface area contributed by atoms with Crippen molar-refractivity contribution >= 4 is 11.7 Å². The van der Waals surface area contributed by atoms with Gasteiger partial charge in [-0.05, 0) is 18.1 Å². The first-order valence-corrected chi connectivity index (χ1v) is 7.66. The van der Waals surface area contributed by atoms with Crippen LogP contribution in [-0.2, 0) is 4.74 Å². The van der Waals surface area contributed by atoms with E-state index in [1.807, 2.05) is 44.2 Å². The van der Waals surface area contributed by atoms with Gasteiger partial charge >= 0.3 is 5.97 Å². The van der Waals surface area contributed by atoms with E-state index in [1.165, 1.54) is 0 Å². The normalized spacial score (nSPS) is 13.1. The van der Waals surface area contributed by atoms with E-state index in [4.69, 9.17) is 4.74 Å². The van der Waals surface area contributed by atoms with Crippen LogP contribution < -0.4 is 0 Å². The number of nitro benzene ring substituents is 1. The number of hydrogen-bond donors (Lipinski definition) is 1. The molecule has 6 nitrogen and oxygen atoms in total. The molecular weight excluding hydrogens is 310 g/mol. The Hall–Kier alpha value is -2.89. The maximum absolute atomic E-state index is 12.3. The van der Waals surface area contributed by atoms with Crippen molar-refractivity contribution in [2.45, 2.75) is 32.3 Å². The Morgan fingerprint density at radius 3 is 2.50 bits per heavy atom.